The minimum atomic E-state index is -5.64. The standard InChI is InChI=1S/C5H6F5O/c1-2-3-11-5(9,10)4(6,7)8/h1-3H2. The summed E-state index contributed by atoms with van der Waals surface area (Å²) in [7, 11) is 0. The van der Waals surface area contributed by atoms with Crippen LogP contribution in [0.15, 0.2) is 0 Å². The SMILES string of the molecule is [CH2]CCOC(F)(F)C(F)(F)F. The van der Waals surface area contributed by atoms with Gasteiger partial charge in [0.2, 0.25) is 0 Å². The normalized spacial score (nSPS) is 13.6. The van der Waals surface area contributed by atoms with Crippen molar-refractivity contribution in [2.45, 2.75) is 18.7 Å². The van der Waals surface area contributed by atoms with Crippen molar-refractivity contribution in [3.05, 3.63) is 6.92 Å². The van der Waals surface area contributed by atoms with E-state index in [4.69, 9.17) is 0 Å². The second-order valence-corrected chi connectivity index (χ2v) is 1.72. The molecule has 0 fully saturated rings. The Morgan fingerprint density at radius 3 is 1.82 bits per heavy atom. The van der Waals surface area contributed by atoms with Crippen LogP contribution in [0.1, 0.15) is 6.42 Å². The smallest absolute Gasteiger partial charge is 0.313 e. The van der Waals surface area contributed by atoms with Crippen molar-refractivity contribution in [1.29, 1.82) is 0 Å². The molecule has 0 bridgehead atoms. The van der Waals surface area contributed by atoms with Crippen LogP contribution in [0.2, 0.25) is 0 Å². The predicted molar refractivity (Wildman–Crippen MR) is 26.9 cm³/mol. The van der Waals surface area contributed by atoms with Crippen LogP contribution in [0.4, 0.5) is 22.0 Å². The first kappa shape index (κ1) is 10.6. The van der Waals surface area contributed by atoms with Crippen LogP contribution < -0.4 is 0 Å². The second kappa shape index (κ2) is 3.34. The predicted octanol–water partition coefficient (Wildman–Crippen LogP) is 2.38. The maximum atomic E-state index is 11.7. The van der Waals surface area contributed by atoms with E-state index >= 15 is 0 Å². The molecule has 0 N–H and O–H groups in total. The number of hydrogen-bond donors (Lipinski definition) is 0. The lowest BCUT2D eigenvalue weighted by molar-refractivity contribution is -0.390. The van der Waals surface area contributed by atoms with Crippen LogP contribution in [0.5, 0.6) is 0 Å². The summed E-state index contributed by atoms with van der Waals surface area (Å²) < 4.78 is 60.5. The Hall–Kier alpha value is -0.390. The molecule has 0 rings (SSSR count). The van der Waals surface area contributed by atoms with Gasteiger partial charge in [0.1, 0.15) is 0 Å². The molecule has 11 heavy (non-hydrogen) atoms. The summed E-state index contributed by atoms with van der Waals surface area (Å²) in [5, 5.41) is 0. The Bertz CT molecular complexity index is 119. The minimum absolute atomic E-state index is 0.133. The van der Waals surface area contributed by atoms with Crippen LogP contribution in [0.3, 0.4) is 0 Å². The molecule has 0 aromatic heterocycles. The molecule has 0 amide bonds. The fraction of sp³-hybridized carbons (Fsp3) is 0.800. The first-order chi connectivity index (χ1) is 4.81. The van der Waals surface area contributed by atoms with Gasteiger partial charge in [-0.2, -0.15) is 22.0 Å². The van der Waals surface area contributed by atoms with Gasteiger partial charge in [0, 0.05) is 0 Å². The molecule has 1 radical (unpaired) electrons. The van der Waals surface area contributed by atoms with Gasteiger partial charge in [-0.3, -0.25) is 0 Å². The van der Waals surface area contributed by atoms with E-state index in [1.165, 1.54) is 0 Å². The van der Waals surface area contributed by atoms with Crippen LogP contribution in [0.25, 0.3) is 0 Å². The highest BCUT2D eigenvalue weighted by atomic mass is 19.4. The minimum Gasteiger partial charge on any atom is -0.313 e. The Kier molecular flexibility index (Phi) is 3.22. The van der Waals surface area contributed by atoms with Crippen molar-refractivity contribution < 1.29 is 26.7 Å². The van der Waals surface area contributed by atoms with Crippen molar-refractivity contribution in [1.82, 2.24) is 0 Å². The molecule has 0 heterocycles. The van der Waals surface area contributed by atoms with E-state index < -0.39 is 18.9 Å². The fourth-order valence-electron chi connectivity index (χ4n) is 0.282. The summed E-state index contributed by atoms with van der Waals surface area (Å²) in [5.74, 6) is 0. The van der Waals surface area contributed by atoms with E-state index in [1.807, 2.05) is 0 Å². The Morgan fingerprint density at radius 2 is 1.55 bits per heavy atom. The maximum Gasteiger partial charge on any atom is 0.482 e. The zero-order valence-electron chi connectivity index (χ0n) is 5.42. The van der Waals surface area contributed by atoms with E-state index in [9.17, 15) is 22.0 Å². The highest BCUT2D eigenvalue weighted by Gasteiger charge is 2.59. The van der Waals surface area contributed by atoms with Crippen molar-refractivity contribution in [3.63, 3.8) is 0 Å². The summed E-state index contributed by atoms with van der Waals surface area (Å²) in [6.45, 7) is 2.33. The summed E-state index contributed by atoms with van der Waals surface area (Å²) in [6, 6.07) is 0. The molecule has 0 saturated carbocycles. The molecular weight excluding hydrogens is 171 g/mol. The number of alkyl halides is 5. The topological polar surface area (TPSA) is 9.23 Å². The molecule has 0 aliphatic heterocycles. The molecule has 6 heteroatoms. The van der Waals surface area contributed by atoms with Gasteiger partial charge in [-0.05, 0) is 6.42 Å². The van der Waals surface area contributed by atoms with E-state index in [0.717, 1.165) is 0 Å². The van der Waals surface area contributed by atoms with E-state index in [0.29, 0.717) is 0 Å². The maximum absolute atomic E-state index is 11.7. The average molecular weight is 177 g/mol. The largest absolute Gasteiger partial charge is 0.482 e. The number of halogens is 5. The van der Waals surface area contributed by atoms with Crippen LogP contribution in [-0.2, 0) is 4.74 Å². The number of hydrogen-bond acceptors (Lipinski definition) is 1. The van der Waals surface area contributed by atoms with Gasteiger partial charge in [-0.25, -0.2) is 0 Å². The van der Waals surface area contributed by atoms with Gasteiger partial charge in [-0.1, -0.05) is 6.92 Å². The molecule has 0 atom stereocenters. The van der Waals surface area contributed by atoms with Crippen LogP contribution in [-0.4, -0.2) is 18.9 Å². The van der Waals surface area contributed by atoms with Gasteiger partial charge in [0.15, 0.2) is 0 Å². The van der Waals surface area contributed by atoms with Gasteiger partial charge >= 0.3 is 12.3 Å². The molecule has 1 nitrogen and oxygen atoms in total. The van der Waals surface area contributed by atoms with Crippen molar-refractivity contribution in [2.75, 3.05) is 6.61 Å². The first-order valence-electron chi connectivity index (χ1n) is 2.69. The zero-order chi connectivity index (χ0) is 9.12. The molecule has 0 spiro atoms. The third-order valence-electron chi connectivity index (χ3n) is 0.758. The summed E-state index contributed by atoms with van der Waals surface area (Å²) >= 11 is 0. The Balaban J connectivity index is 4.00. The molecule has 0 aromatic carbocycles. The highest BCUT2D eigenvalue weighted by molar-refractivity contribution is 4.63. The van der Waals surface area contributed by atoms with Crippen molar-refractivity contribution >= 4 is 0 Å². The van der Waals surface area contributed by atoms with E-state index in [-0.39, 0.29) is 6.42 Å². The molecular formula is C5H6F5O. The molecule has 0 saturated heterocycles. The van der Waals surface area contributed by atoms with Gasteiger partial charge in [0.25, 0.3) is 0 Å². The third-order valence-corrected chi connectivity index (χ3v) is 0.758. The van der Waals surface area contributed by atoms with Crippen LogP contribution in [0, 0.1) is 6.92 Å². The monoisotopic (exact) mass is 177 g/mol. The zero-order valence-corrected chi connectivity index (χ0v) is 5.42. The van der Waals surface area contributed by atoms with Crippen molar-refractivity contribution in [2.24, 2.45) is 0 Å². The molecule has 0 aromatic rings. The molecule has 0 aliphatic rings. The average Bonchev–Trinajstić information content (AvgIpc) is 1.81. The Labute approximate surface area is 60.1 Å². The lowest BCUT2D eigenvalue weighted by atomic mass is 10.5. The molecule has 0 unspecified atom stereocenters. The summed E-state index contributed by atoms with van der Waals surface area (Å²) in [5.41, 5.74) is 0. The van der Waals surface area contributed by atoms with E-state index in [1.54, 1.807) is 0 Å². The third kappa shape index (κ3) is 3.00. The first-order valence-corrected chi connectivity index (χ1v) is 2.69. The number of ether oxygens (including phenoxy) is 1. The van der Waals surface area contributed by atoms with E-state index in [2.05, 4.69) is 11.7 Å². The quantitative estimate of drug-likeness (QED) is 0.601. The van der Waals surface area contributed by atoms with Gasteiger partial charge in [0.05, 0.1) is 6.61 Å². The summed E-state index contributed by atoms with van der Waals surface area (Å²) in [6.07, 6.45) is -10.8. The van der Waals surface area contributed by atoms with Gasteiger partial charge < -0.3 is 4.74 Å². The lowest BCUT2D eigenvalue weighted by Gasteiger charge is -2.18. The summed E-state index contributed by atoms with van der Waals surface area (Å²) in [4.78, 5) is 0. The molecule has 0 aliphatic carbocycles. The fourth-order valence-corrected chi connectivity index (χ4v) is 0.282. The number of rotatable bonds is 3. The van der Waals surface area contributed by atoms with Gasteiger partial charge in [-0.15, -0.1) is 0 Å². The van der Waals surface area contributed by atoms with Crippen molar-refractivity contribution in [3.8, 4) is 0 Å². The second-order valence-electron chi connectivity index (χ2n) is 1.72. The lowest BCUT2D eigenvalue weighted by Crippen LogP contribution is -2.39. The Morgan fingerprint density at radius 1 is 1.09 bits per heavy atom. The molecule has 67 valence electrons. The van der Waals surface area contributed by atoms with Crippen LogP contribution >= 0.6 is 0 Å². The highest BCUT2D eigenvalue weighted by Crippen LogP contribution is 2.36.